The fourth-order valence-electron chi connectivity index (χ4n) is 4.18. The van der Waals surface area contributed by atoms with Crippen molar-refractivity contribution in [1.82, 2.24) is 0 Å². The maximum absolute atomic E-state index is 10.8. The third-order valence-corrected chi connectivity index (χ3v) is 5.88. The maximum Gasteiger partial charge on any atom is 0.264 e. The van der Waals surface area contributed by atoms with Crippen LogP contribution in [0.5, 0.6) is 0 Å². The highest BCUT2D eigenvalue weighted by atomic mass is 32.2. The van der Waals surface area contributed by atoms with Gasteiger partial charge in [0, 0.05) is 0 Å². The highest BCUT2D eigenvalue weighted by Gasteiger charge is 2.43. The largest absolute Gasteiger partial charge is 0.270 e. The van der Waals surface area contributed by atoms with Crippen LogP contribution in [-0.2, 0) is 14.3 Å². The van der Waals surface area contributed by atoms with E-state index in [0.29, 0.717) is 6.61 Å². The van der Waals surface area contributed by atoms with Crippen LogP contribution in [-0.4, -0.2) is 21.3 Å². The van der Waals surface area contributed by atoms with Gasteiger partial charge in [-0.15, -0.1) is 0 Å². The zero-order valence-corrected chi connectivity index (χ0v) is 13.7. The second-order valence-electron chi connectivity index (χ2n) is 7.04. The monoisotopic (exact) mass is 302 g/mol. The highest BCUT2D eigenvalue weighted by Crippen LogP contribution is 2.56. The minimum absolute atomic E-state index is 0.351. The molecule has 3 nitrogen and oxygen atoms in total. The molecule has 2 fully saturated rings. The highest BCUT2D eigenvalue weighted by molar-refractivity contribution is 7.85. The fraction of sp³-hybridized carbons (Fsp3) is 1.00. The van der Waals surface area contributed by atoms with E-state index in [1.807, 2.05) is 0 Å². The summed E-state index contributed by atoms with van der Waals surface area (Å²) in [4.78, 5) is 0. The number of hydrogen-bond donors (Lipinski definition) is 0. The van der Waals surface area contributed by atoms with Gasteiger partial charge in [0.2, 0.25) is 0 Å². The van der Waals surface area contributed by atoms with Crippen molar-refractivity contribution in [3.63, 3.8) is 0 Å². The zero-order valence-electron chi connectivity index (χ0n) is 12.9. The number of unbranched alkanes of at least 4 members (excludes halogenated alkanes) is 5. The predicted octanol–water partition coefficient (Wildman–Crippen LogP) is 4.27. The Kier molecular flexibility index (Phi) is 5.91. The topological polar surface area (TPSA) is 43.4 Å². The Morgan fingerprint density at radius 3 is 2.15 bits per heavy atom. The van der Waals surface area contributed by atoms with Crippen molar-refractivity contribution in [2.24, 2.45) is 11.3 Å². The van der Waals surface area contributed by atoms with E-state index in [4.69, 9.17) is 4.18 Å². The zero-order chi connectivity index (χ0) is 14.5. The summed E-state index contributed by atoms with van der Waals surface area (Å²) in [5, 5.41) is 0. The summed E-state index contributed by atoms with van der Waals surface area (Å²) >= 11 is 0. The molecule has 20 heavy (non-hydrogen) atoms. The third kappa shape index (κ3) is 5.36. The van der Waals surface area contributed by atoms with E-state index in [0.717, 1.165) is 30.4 Å². The Morgan fingerprint density at radius 1 is 1.00 bits per heavy atom. The van der Waals surface area contributed by atoms with Crippen molar-refractivity contribution in [3.8, 4) is 0 Å². The molecule has 0 aromatic carbocycles. The first kappa shape index (κ1) is 16.3. The van der Waals surface area contributed by atoms with Crippen LogP contribution in [0.2, 0.25) is 0 Å². The van der Waals surface area contributed by atoms with Gasteiger partial charge in [0.05, 0.1) is 12.9 Å². The molecule has 2 aliphatic carbocycles. The molecule has 0 radical (unpaired) electrons. The lowest BCUT2D eigenvalue weighted by Gasteiger charge is -2.26. The molecule has 0 aliphatic heterocycles. The van der Waals surface area contributed by atoms with Gasteiger partial charge in [-0.3, -0.25) is 4.18 Å². The summed E-state index contributed by atoms with van der Waals surface area (Å²) in [5.74, 6) is 1.07. The quantitative estimate of drug-likeness (QED) is 0.447. The van der Waals surface area contributed by atoms with Crippen LogP contribution in [0.15, 0.2) is 0 Å². The van der Waals surface area contributed by atoms with Gasteiger partial charge < -0.3 is 0 Å². The maximum atomic E-state index is 10.8. The summed E-state index contributed by atoms with van der Waals surface area (Å²) in [6.07, 6.45) is 17.3. The van der Waals surface area contributed by atoms with Gasteiger partial charge >= 0.3 is 0 Å². The lowest BCUT2D eigenvalue weighted by molar-refractivity contribution is 0.260. The van der Waals surface area contributed by atoms with Crippen LogP contribution >= 0.6 is 0 Å². The standard InChI is InChI=1S/C16H30O3S/c1-20(17,18)19-13-7-5-3-2-4-6-10-16-11-8-15(14-16)9-12-16/h15H,2-14H2,1H3. The Hall–Kier alpha value is -0.0900. The molecule has 2 rings (SSSR count). The molecule has 0 atom stereocenters. The Labute approximate surface area is 124 Å². The molecule has 0 saturated heterocycles. The van der Waals surface area contributed by atoms with Gasteiger partial charge in [0.25, 0.3) is 10.1 Å². The minimum atomic E-state index is -3.24. The molecular formula is C16H30O3S. The molecule has 118 valence electrons. The van der Waals surface area contributed by atoms with E-state index in [2.05, 4.69) is 0 Å². The lowest BCUT2D eigenvalue weighted by atomic mass is 9.79. The molecule has 0 heterocycles. The molecule has 0 aromatic rings. The summed E-state index contributed by atoms with van der Waals surface area (Å²) in [6.45, 7) is 0.351. The van der Waals surface area contributed by atoms with E-state index in [-0.39, 0.29) is 0 Å². The van der Waals surface area contributed by atoms with Crippen molar-refractivity contribution in [1.29, 1.82) is 0 Å². The molecular weight excluding hydrogens is 272 g/mol. The lowest BCUT2D eigenvalue weighted by Crippen LogP contribution is -2.13. The van der Waals surface area contributed by atoms with Crippen molar-refractivity contribution >= 4 is 10.1 Å². The minimum Gasteiger partial charge on any atom is -0.270 e. The molecule has 0 aromatic heterocycles. The van der Waals surface area contributed by atoms with Crippen LogP contribution < -0.4 is 0 Å². The normalized spacial score (nSPS) is 29.1. The fourth-order valence-corrected chi connectivity index (χ4v) is 4.60. The van der Waals surface area contributed by atoms with E-state index < -0.39 is 10.1 Å². The average Bonchev–Trinajstić information content (AvgIpc) is 2.96. The second kappa shape index (κ2) is 7.26. The van der Waals surface area contributed by atoms with Crippen LogP contribution in [0.4, 0.5) is 0 Å². The third-order valence-electron chi connectivity index (χ3n) is 5.29. The molecule has 2 saturated carbocycles. The Bertz CT molecular complexity index is 381. The average molecular weight is 302 g/mol. The molecule has 0 unspecified atom stereocenters. The summed E-state index contributed by atoms with van der Waals surface area (Å²) in [7, 11) is -3.24. The number of fused-ring (bicyclic) bond motifs is 2. The van der Waals surface area contributed by atoms with Crippen molar-refractivity contribution in [3.05, 3.63) is 0 Å². The van der Waals surface area contributed by atoms with Crippen molar-refractivity contribution in [2.75, 3.05) is 12.9 Å². The summed E-state index contributed by atoms with van der Waals surface area (Å²) in [6, 6.07) is 0. The molecule has 0 amide bonds. The number of hydrogen-bond acceptors (Lipinski definition) is 3. The number of rotatable bonds is 10. The van der Waals surface area contributed by atoms with Crippen LogP contribution in [0.1, 0.15) is 77.0 Å². The first-order chi connectivity index (χ1) is 9.49. The summed E-state index contributed by atoms with van der Waals surface area (Å²) in [5.41, 5.74) is 0.758. The van der Waals surface area contributed by atoms with E-state index in [1.54, 1.807) is 0 Å². The van der Waals surface area contributed by atoms with Gasteiger partial charge in [0.15, 0.2) is 0 Å². The van der Waals surface area contributed by atoms with Crippen LogP contribution in [0.3, 0.4) is 0 Å². The van der Waals surface area contributed by atoms with Crippen molar-refractivity contribution < 1.29 is 12.6 Å². The SMILES string of the molecule is CS(=O)(=O)OCCCCCCCCC12CCC(CC1)C2. The second-order valence-corrected chi connectivity index (χ2v) is 8.69. The molecule has 4 heteroatoms. The molecule has 2 bridgehead atoms. The van der Waals surface area contributed by atoms with Gasteiger partial charge in [-0.25, -0.2) is 0 Å². The molecule has 0 N–H and O–H groups in total. The van der Waals surface area contributed by atoms with Gasteiger partial charge in [-0.1, -0.05) is 32.1 Å². The van der Waals surface area contributed by atoms with Crippen molar-refractivity contribution in [2.45, 2.75) is 77.0 Å². The molecule has 2 aliphatic rings. The van der Waals surface area contributed by atoms with E-state index in [9.17, 15) is 8.42 Å². The smallest absolute Gasteiger partial charge is 0.264 e. The van der Waals surface area contributed by atoms with Gasteiger partial charge in [0.1, 0.15) is 0 Å². The Balaban J connectivity index is 1.41. The van der Waals surface area contributed by atoms with Crippen LogP contribution in [0.25, 0.3) is 0 Å². The predicted molar refractivity (Wildman–Crippen MR) is 82.1 cm³/mol. The first-order valence-corrected chi connectivity index (χ1v) is 10.2. The van der Waals surface area contributed by atoms with Gasteiger partial charge in [-0.05, 0) is 56.3 Å². The van der Waals surface area contributed by atoms with Crippen LogP contribution in [0, 0.1) is 11.3 Å². The Morgan fingerprint density at radius 2 is 1.60 bits per heavy atom. The van der Waals surface area contributed by atoms with E-state index >= 15 is 0 Å². The summed E-state index contributed by atoms with van der Waals surface area (Å²) < 4.78 is 26.3. The van der Waals surface area contributed by atoms with Gasteiger partial charge in [-0.2, -0.15) is 8.42 Å². The first-order valence-electron chi connectivity index (χ1n) is 8.34. The van der Waals surface area contributed by atoms with E-state index in [1.165, 1.54) is 64.2 Å². The molecule has 0 spiro atoms.